The molecule has 0 saturated carbocycles. The fourth-order valence-electron chi connectivity index (χ4n) is 5.67. The number of halogens is 2. The Balaban J connectivity index is 1.52. The number of Topliss-reactive ketones (excluding diaryl/α,β-unsaturated/α-hetero) is 1. The second-order valence-electron chi connectivity index (χ2n) is 8.45. The first kappa shape index (κ1) is 18.5. The van der Waals surface area contributed by atoms with E-state index in [1.165, 1.54) is 12.1 Å². The Kier molecular flexibility index (Phi) is 4.31. The summed E-state index contributed by atoms with van der Waals surface area (Å²) in [6.45, 7) is 2.15. The number of fused-ring (bicyclic) bond motifs is 2. The Morgan fingerprint density at radius 2 is 1.72 bits per heavy atom. The number of ketones is 1. The van der Waals surface area contributed by atoms with Crippen molar-refractivity contribution < 1.29 is 18.4 Å². The van der Waals surface area contributed by atoms with E-state index in [1.807, 2.05) is 0 Å². The van der Waals surface area contributed by atoms with E-state index in [-0.39, 0.29) is 18.0 Å². The summed E-state index contributed by atoms with van der Waals surface area (Å²) in [6.07, 6.45) is 3.70. The van der Waals surface area contributed by atoms with E-state index >= 15 is 0 Å². The molecule has 0 aliphatic carbocycles. The second-order valence-corrected chi connectivity index (χ2v) is 8.45. The van der Waals surface area contributed by atoms with Crippen LogP contribution in [0.15, 0.2) is 36.5 Å². The van der Waals surface area contributed by atoms with Crippen molar-refractivity contribution >= 4 is 11.7 Å². The number of carbonyl (C=O) groups is 2. The first-order chi connectivity index (χ1) is 13.9. The van der Waals surface area contributed by atoms with Crippen molar-refractivity contribution in [2.45, 2.75) is 30.8 Å². The number of rotatable bonds is 3. The van der Waals surface area contributed by atoms with Crippen LogP contribution in [0, 0.1) is 17.6 Å². The lowest BCUT2D eigenvalue weighted by molar-refractivity contribution is -0.131. The third-order valence-corrected chi connectivity index (χ3v) is 6.94. The average Bonchev–Trinajstić information content (AvgIpc) is 3.32. The van der Waals surface area contributed by atoms with Gasteiger partial charge in [0.05, 0.1) is 11.7 Å². The molecule has 7 heteroatoms. The molecule has 4 fully saturated rings. The Bertz CT molecular complexity index is 960. The summed E-state index contributed by atoms with van der Waals surface area (Å²) in [5.74, 6) is -2.17. The van der Waals surface area contributed by atoms with Gasteiger partial charge in [-0.1, -0.05) is 0 Å². The van der Waals surface area contributed by atoms with Crippen molar-refractivity contribution in [3.05, 3.63) is 59.4 Å². The number of piperidine rings is 3. The van der Waals surface area contributed by atoms with Gasteiger partial charge in [-0.3, -0.25) is 14.5 Å². The van der Waals surface area contributed by atoms with E-state index in [9.17, 15) is 18.4 Å². The van der Waals surface area contributed by atoms with Crippen LogP contribution in [-0.2, 0) is 11.8 Å². The van der Waals surface area contributed by atoms with Gasteiger partial charge in [0.2, 0.25) is 0 Å². The number of hydrogen-bond acceptors (Lipinski definition) is 3. The zero-order valence-electron chi connectivity index (χ0n) is 16.2. The highest BCUT2D eigenvalue weighted by Crippen LogP contribution is 2.46. The third-order valence-electron chi connectivity index (χ3n) is 6.94. The number of aryl methyl sites for hydroxylation is 1. The lowest BCUT2D eigenvalue weighted by Crippen LogP contribution is -2.61. The van der Waals surface area contributed by atoms with Gasteiger partial charge in [-0.05, 0) is 61.7 Å². The standard InChI is InChI=1S/C22H23F2N3O2/c1-25-6-2-3-18(25)21(28)22(29)27-12-17(14-9-15(23)11-16(24)10-14)20-19(27)13-4-7-26(20)8-5-13/h2-3,6,9-11,13,17,19-20H,4-5,7-8,12H2,1H3/t17-,19+,20+/m0/s1. The number of likely N-dealkylation sites (tertiary alicyclic amines) is 1. The second kappa shape index (κ2) is 6.76. The van der Waals surface area contributed by atoms with Gasteiger partial charge < -0.3 is 9.47 Å². The first-order valence-electron chi connectivity index (χ1n) is 10.1. The molecule has 2 bridgehead atoms. The highest BCUT2D eigenvalue weighted by atomic mass is 19.1. The lowest BCUT2D eigenvalue weighted by atomic mass is 9.75. The van der Waals surface area contributed by atoms with E-state index in [0.29, 0.717) is 23.7 Å². The summed E-state index contributed by atoms with van der Waals surface area (Å²) >= 11 is 0. The number of aromatic nitrogens is 1. The Hall–Kier alpha value is -2.54. The zero-order valence-corrected chi connectivity index (χ0v) is 16.2. The van der Waals surface area contributed by atoms with Crippen LogP contribution in [0.1, 0.15) is 34.8 Å². The molecule has 1 aromatic heterocycles. The SMILES string of the molecule is Cn1cccc1C(=O)C(=O)N1C[C@@H](c2cc(F)cc(F)c2)[C@@H]2[C@H]1C1CCN2CC1. The molecular weight excluding hydrogens is 376 g/mol. The molecule has 4 aliphatic rings. The number of carbonyl (C=O) groups excluding carboxylic acids is 2. The van der Waals surface area contributed by atoms with Gasteiger partial charge in [0, 0.05) is 37.8 Å². The maximum atomic E-state index is 13.9. The first-order valence-corrected chi connectivity index (χ1v) is 10.1. The zero-order chi connectivity index (χ0) is 20.3. The molecular formula is C22H23F2N3O2. The average molecular weight is 399 g/mol. The third kappa shape index (κ3) is 2.90. The van der Waals surface area contributed by atoms with Gasteiger partial charge in [0.1, 0.15) is 11.6 Å². The predicted octanol–water partition coefficient (Wildman–Crippen LogP) is 2.57. The van der Waals surface area contributed by atoms with Crippen molar-refractivity contribution in [1.82, 2.24) is 14.4 Å². The highest BCUT2D eigenvalue weighted by molar-refractivity contribution is 6.42. The van der Waals surface area contributed by atoms with Crippen molar-refractivity contribution in [2.75, 3.05) is 19.6 Å². The van der Waals surface area contributed by atoms with Gasteiger partial charge in [0.25, 0.3) is 11.7 Å². The van der Waals surface area contributed by atoms with Crippen LogP contribution in [0.2, 0.25) is 0 Å². The summed E-state index contributed by atoms with van der Waals surface area (Å²) in [4.78, 5) is 30.2. The van der Waals surface area contributed by atoms with Crippen molar-refractivity contribution in [2.24, 2.45) is 13.0 Å². The monoisotopic (exact) mass is 399 g/mol. The van der Waals surface area contributed by atoms with E-state index in [0.717, 1.165) is 32.0 Å². The molecule has 0 radical (unpaired) electrons. The lowest BCUT2D eigenvalue weighted by Gasteiger charge is -2.51. The molecule has 2 aromatic rings. The molecule has 0 unspecified atom stereocenters. The molecule has 1 amide bonds. The number of amides is 1. The molecule has 5 heterocycles. The van der Waals surface area contributed by atoms with Gasteiger partial charge in [-0.2, -0.15) is 0 Å². The highest BCUT2D eigenvalue weighted by Gasteiger charge is 2.55. The Morgan fingerprint density at radius 1 is 1.03 bits per heavy atom. The molecule has 0 N–H and O–H groups in total. The van der Waals surface area contributed by atoms with Gasteiger partial charge >= 0.3 is 0 Å². The van der Waals surface area contributed by atoms with Gasteiger partial charge in [-0.15, -0.1) is 0 Å². The molecule has 0 spiro atoms. The van der Waals surface area contributed by atoms with E-state index < -0.39 is 23.3 Å². The molecule has 29 heavy (non-hydrogen) atoms. The van der Waals surface area contributed by atoms with Crippen LogP contribution < -0.4 is 0 Å². The van der Waals surface area contributed by atoms with Crippen LogP contribution in [0.3, 0.4) is 0 Å². The Morgan fingerprint density at radius 3 is 2.34 bits per heavy atom. The largest absolute Gasteiger partial charge is 0.348 e. The van der Waals surface area contributed by atoms with Gasteiger partial charge in [-0.25, -0.2) is 8.78 Å². The van der Waals surface area contributed by atoms with Crippen molar-refractivity contribution in [3.63, 3.8) is 0 Å². The van der Waals surface area contributed by atoms with E-state index in [1.54, 1.807) is 34.8 Å². The minimum atomic E-state index is -0.614. The molecule has 4 saturated heterocycles. The van der Waals surface area contributed by atoms with Crippen LogP contribution in [-0.4, -0.2) is 57.8 Å². The predicted molar refractivity (Wildman–Crippen MR) is 102 cm³/mol. The molecule has 4 aliphatic heterocycles. The minimum absolute atomic E-state index is 0.00568. The summed E-state index contributed by atoms with van der Waals surface area (Å²) in [5, 5.41) is 0. The summed E-state index contributed by atoms with van der Waals surface area (Å²) in [6, 6.07) is 6.87. The van der Waals surface area contributed by atoms with Crippen LogP contribution in [0.25, 0.3) is 0 Å². The summed E-state index contributed by atoms with van der Waals surface area (Å²) in [5.41, 5.74) is 0.916. The van der Waals surface area contributed by atoms with Crippen LogP contribution >= 0.6 is 0 Å². The quantitative estimate of drug-likeness (QED) is 0.589. The van der Waals surface area contributed by atoms with E-state index in [4.69, 9.17) is 0 Å². The molecule has 5 nitrogen and oxygen atoms in total. The number of hydrogen-bond donors (Lipinski definition) is 0. The molecule has 3 atom stereocenters. The summed E-state index contributed by atoms with van der Waals surface area (Å²) < 4.78 is 29.5. The summed E-state index contributed by atoms with van der Waals surface area (Å²) in [7, 11) is 1.74. The molecule has 1 aromatic carbocycles. The van der Waals surface area contributed by atoms with Crippen molar-refractivity contribution in [3.8, 4) is 0 Å². The number of nitrogens with zero attached hydrogens (tertiary/aromatic N) is 3. The fraction of sp³-hybridized carbons (Fsp3) is 0.455. The van der Waals surface area contributed by atoms with Crippen LogP contribution in [0.4, 0.5) is 8.78 Å². The smallest absolute Gasteiger partial charge is 0.296 e. The van der Waals surface area contributed by atoms with Crippen LogP contribution in [0.5, 0.6) is 0 Å². The normalized spacial score (nSPS) is 30.4. The Labute approximate surface area is 167 Å². The van der Waals surface area contributed by atoms with E-state index in [2.05, 4.69) is 4.90 Å². The molecule has 152 valence electrons. The van der Waals surface area contributed by atoms with Crippen molar-refractivity contribution in [1.29, 1.82) is 0 Å². The maximum absolute atomic E-state index is 13.9. The fourth-order valence-corrected chi connectivity index (χ4v) is 5.67. The number of benzene rings is 1. The van der Waals surface area contributed by atoms with Gasteiger partial charge in [0.15, 0.2) is 0 Å². The minimum Gasteiger partial charge on any atom is -0.348 e. The maximum Gasteiger partial charge on any atom is 0.296 e. The topological polar surface area (TPSA) is 45.6 Å². The molecule has 6 rings (SSSR count).